The number of rotatable bonds is 4. The molecule has 0 unspecified atom stereocenters. The van der Waals surface area contributed by atoms with Crippen molar-refractivity contribution in [2.75, 3.05) is 0 Å². The highest BCUT2D eigenvalue weighted by Crippen LogP contribution is 2.41. The molecular formula is C21H24N6O2S. The van der Waals surface area contributed by atoms with Gasteiger partial charge in [0.1, 0.15) is 5.82 Å². The average Bonchev–Trinajstić information content (AvgIpc) is 3.44. The van der Waals surface area contributed by atoms with Crippen LogP contribution in [0.2, 0.25) is 0 Å². The Morgan fingerprint density at radius 3 is 2.77 bits per heavy atom. The third kappa shape index (κ3) is 2.76. The van der Waals surface area contributed by atoms with Crippen molar-refractivity contribution >= 4 is 26.6 Å². The van der Waals surface area contributed by atoms with Crippen LogP contribution in [0.4, 0.5) is 0 Å². The second-order valence-electron chi connectivity index (χ2n) is 8.12. The number of benzene rings is 1. The van der Waals surface area contributed by atoms with Gasteiger partial charge in [-0.2, -0.15) is 0 Å². The molecule has 1 aliphatic rings. The summed E-state index contributed by atoms with van der Waals surface area (Å²) in [6.07, 6.45) is 4.49. The highest BCUT2D eigenvalue weighted by Gasteiger charge is 2.37. The Labute approximate surface area is 174 Å². The van der Waals surface area contributed by atoms with Gasteiger partial charge in [-0.15, -0.1) is 10.2 Å². The summed E-state index contributed by atoms with van der Waals surface area (Å²) in [5, 5.41) is 8.71. The molecule has 30 heavy (non-hydrogen) atoms. The van der Waals surface area contributed by atoms with Gasteiger partial charge in [0.15, 0.2) is 11.3 Å². The number of nitrogens with two attached hydrogens (primary N) is 1. The van der Waals surface area contributed by atoms with Gasteiger partial charge in [0.2, 0.25) is 14.9 Å². The summed E-state index contributed by atoms with van der Waals surface area (Å²) >= 11 is 0. The molecule has 0 spiro atoms. The first-order chi connectivity index (χ1) is 14.4. The first-order valence-corrected chi connectivity index (χ1v) is 11.7. The van der Waals surface area contributed by atoms with Gasteiger partial charge < -0.3 is 10.7 Å². The summed E-state index contributed by atoms with van der Waals surface area (Å²) in [4.78, 5) is 7.74. The number of hydrogen-bond acceptors (Lipinski definition) is 6. The third-order valence-electron chi connectivity index (χ3n) is 6.26. The number of aromatic nitrogens is 5. The molecule has 0 aliphatic heterocycles. The van der Waals surface area contributed by atoms with Crippen LogP contribution in [0, 0.1) is 12.8 Å². The predicted molar refractivity (Wildman–Crippen MR) is 113 cm³/mol. The normalized spacial score (nSPS) is 22.3. The van der Waals surface area contributed by atoms with Crippen LogP contribution in [0.1, 0.15) is 43.5 Å². The van der Waals surface area contributed by atoms with E-state index >= 15 is 0 Å². The number of fused-ring (bicyclic) bond motifs is 3. The Morgan fingerprint density at radius 1 is 1.20 bits per heavy atom. The van der Waals surface area contributed by atoms with Crippen LogP contribution in [0.25, 0.3) is 16.8 Å². The van der Waals surface area contributed by atoms with Crippen molar-refractivity contribution < 1.29 is 8.42 Å². The average molecular weight is 425 g/mol. The zero-order chi connectivity index (χ0) is 21.0. The molecule has 1 saturated carbocycles. The van der Waals surface area contributed by atoms with Gasteiger partial charge in [0.05, 0.1) is 10.4 Å². The Hall–Kier alpha value is -2.78. The topological polar surface area (TPSA) is 119 Å². The van der Waals surface area contributed by atoms with E-state index in [0.29, 0.717) is 17.1 Å². The first-order valence-electron chi connectivity index (χ1n) is 10.2. The highest BCUT2D eigenvalue weighted by molar-refractivity contribution is 7.91. The highest BCUT2D eigenvalue weighted by atomic mass is 32.2. The van der Waals surface area contributed by atoms with E-state index in [1.165, 1.54) is 0 Å². The van der Waals surface area contributed by atoms with E-state index in [0.717, 1.165) is 30.6 Å². The van der Waals surface area contributed by atoms with Gasteiger partial charge in [-0.05, 0) is 43.4 Å². The van der Waals surface area contributed by atoms with Crippen molar-refractivity contribution in [2.24, 2.45) is 11.7 Å². The molecule has 156 valence electrons. The Balaban J connectivity index is 1.79. The van der Waals surface area contributed by atoms with Gasteiger partial charge in [-0.1, -0.05) is 31.5 Å². The zero-order valence-corrected chi connectivity index (χ0v) is 17.7. The Morgan fingerprint density at radius 2 is 2.00 bits per heavy atom. The fraction of sp³-hybridized carbons (Fsp3) is 0.381. The molecule has 0 saturated heterocycles. The summed E-state index contributed by atoms with van der Waals surface area (Å²) in [5.41, 5.74) is 8.44. The van der Waals surface area contributed by atoms with Crippen molar-refractivity contribution in [3.63, 3.8) is 0 Å². The van der Waals surface area contributed by atoms with Crippen LogP contribution < -0.4 is 5.73 Å². The van der Waals surface area contributed by atoms with Gasteiger partial charge in [-0.25, -0.2) is 13.4 Å². The van der Waals surface area contributed by atoms with Crippen LogP contribution in [0.3, 0.4) is 0 Å². The molecule has 1 fully saturated rings. The number of aromatic amines is 1. The van der Waals surface area contributed by atoms with E-state index in [4.69, 9.17) is 5.73 Å². The number of sulfone groups is 1. The Bertz CT molecular complexity index is 1360. The van der Waals surface area contributed by atoms with E-state index in [-0.39, 0.29) is 27.5 Å². The SMILES string of the molecule is CC[C@@H]1C[C@H](N)C[C@@H]1c1nnc2c(S(=O)(=O)c3ccccc3C)nc3[nH]ccc3n12. The summed E-state index contributed by atoms with van der Waals surface area (Å²) < 4.78 is 29.0. The lowest BCUT2D eigenvalue weighted by Gasteiger charge is -2.16. The van der Waals surface area contributed by atoms with Gasteiger partial charge in [0, 0.05) is 18.2 Å². The molecule has 3 N–H and O–H groups in total. The van der Waals surface area contributed by atoms with Crippen molar-refractivity contribution in [1.29, 1.82) is 0 Å². The molecule has 1 aromatic carbocycles. The number of hydrogen-bond donors (Lipinski definition) is 2. The maximum atomic E-state index is 13.6. The molecule has 0 radical (unpaired) electrons. The minimum absolute atomic E-state index is 0.0826. The minimum Gasteiger partial charge on any atom is -0.345 e. The van der Waals surface area contributed by atoms with E-state index in [9.17, 15) is 8.42 Å². The summed E-state index contributed by atoms with van der Waals surface area (Å²) in [5.74, 6) is 1.29. The van der Waals surface area contributed by atoms with Gasteiger partial charge in [-0.3, -0.25) is 4.40 Å². The standard InChI is InChI=1S/C21H24N6O2S/c1-3-13-10-14(22)11-15(13)19-25-26-20-21(24-18-16(27(19)20)8-9-23-18)30(28,29)17-7-5-4-6-12(17)2/h4-9,13-15,23H,3,10-11,22H2,1-2H3/t13-,14+,15+/m1/s1. The van der Waals surface area contributed by atoms with Crippen molar-refractivity contribution in [3.8, 4) is 0 Å². The smallest absolute Gasteiger partial charge is 0.228 e. The molecule has 3 aromatic heterocycles. The lowest BCUT2D eigenvalue weighted by atomic mass is 9.93. The lowest BCUT2D eigenvalue weighted by molar-refractivity contribution is 0.450. The number of aryl methyl sites for hydroxylation is 1. The third-order valence-corrected chi connectivity index (χ3v) is 8.08. The fourth-order valence-electron chi connectivity index (χ4n) is 4.76. The molecule has 8 nitrogen and oxygen atoms in total. The maximum Gasteiger partial charge on any atom is 0.228 e. The molecular weight excluding hydrogens is 400 g/mol. The second-order valence-corrected chi connectivity index (χ2v) is 9.95. The van der Waals surface area contributed by atoms with Gasteiger partial charge in [0.25, 0.3) is 0 Å². The summed E-state index contributed by atoms with van der Waals surface area (Å²) in [6, 6.07) is 8.90. The largest absolute Gasteiger partial charge is 0.345 e. The Kier molecular flexibility index (Phi) is 4.41. The van der Waals surface area contributed by atoms with Crippen LogP contribution in [-0.4, -0.2) is 39.0 Å². The van der Waals surface area contributed by atoms with Crippen molar-refractivity contribution in [1.82, 2.24) is 24.6 Å². The molecule has 3 atom stereocenters. The summed E-state index contributed by atoms with van der Waals surface area (Å²) in [6.45, 7) is 3.93. The van der Waals surface area contributed by atoms with Crippen molar-refractivity contribution in [2.45, 2.75) is 55.0 Å². The molecule has 0 bridgehead atoms. The fourth-order valence-corrected chi connectivity index (χ4v) is 6.31. The zero-order valence-electron chi connectivity index (χ0n) is 16.9. The predicted octanol–water partition coefficient (Wildman–Crippen LogP) is 2.98. The number of H-pyrrole nitrogens is 1. The quantitative estimate of drug-likeness (QED) is 0.520. The number of nitrogens with one attached hydrogen (secondary N) is 1. The molecule has 3 heterocycles. The van der Waals surface area contributed by atoms with E-state index in [2.05, 4.69) is 27.1 Å². The first kappa shape index (κ1) is 19.2. The monoisotopic (exact) mass is 424 g/mol. The van der Waals surface area contributed by atoms with Crippen molar-refractivity contribution in [3.05, 3.63) is 47.9 Å². The molecule has 9 heteroatoms. The van der Waals surface area contributed by atoms with E-state index < -0.39 is 9.84 Å². The molecule has 1 aliphatic carbocycles. The molecule has 0 amide bonds. The van der Waals surface area contributed by atoms with Crippen LogP contribution in [0.15, 0.2) is 46.5 Å². The van der Waals surface area contributed by atoms with E-state index in [1.54, 1.807) is 31.3 Å². The maximum absolute atomic E-state index is 13.6. The van der Waals surface area contributed by atoms with Gasteiger partial charge >= 0.3 is 0 Å². The number of nitrogens with zero attached hydrogens (tertiary/aromatic N) is 4. The second kappa shape index (κ2) is 6.88. The van der Waals surface area contributed by atoms with Crippen LogP contribution >= 0.6 is 0 Å². The lowest BCUT2D eigenvalue weighted by Crippen LogP contribution is -2.15. The van der Waals surface area contributed by atoms with Crippen LogP contribution in [-0.2, 0) is 9.84 Å². The molecule has 5 rings (SSSR count). The van der Waals surface area contributed by atoms with E-state index in [1.807, 2.05) is 16.5 Å². The van der Waals surface area contributed by atoms with Crippen LogP contribution in [0.5, 0.6) is 0 Å². The molecule has 4 aromatic rings. The summed E-state index contributed by atoms with van der Waals surface area (Å²) in [7, 11) is -3.88. The minimum atomic E-state index is -3.88.